The van der Waals surface area contributed by atoms with Crippen molar-refractivity contribution in [3.8, 4) is 0 Å². The summed E-state index contributed by atoms with van der Waals surface area (Å²) < 4.78 is 0. The minimum atomic E-state index is 0. The van der Waals surface area contributed by atoms with Crippen molar-refractivity contribution in [3.05, 3.63) is 36.5 Å². The van der Waals surface area contributed by atoms with Crippen LogP contribution in [0.3, 0.4) is 0 Å². The van der Waals surface area contributed by atoms with E-state index in [1.54, 1.807) is 57.9 Å². The zero-order valence-corrected chi connectivity index (χ0v) is 10.9. The van der Waals surface area contributed by atoms with Crippen LogP contribution in [-0.4, -0.2) is 18.9 Å². The van der Waals surface area contributed by atoms with Crippen LogP contribution >= 0.6 is 0 Å². The van der Waals surface area contributed by atoms with Crippen molar-refractivity contribution in [3.63, 3.8) is 0 Å². The molecule has 87 valence electrons. The summed E-state index contributed by atoms with van der Waals surface area (Å²) in [5.74, 6) is 0. The van der Waals surface area contributed by atoms with E-state index in [1.165, 1.54) is 18.2 Å². The maximum Gasteiger partial charge on any atom is 3.00 e. The summed E-state index contributed by atoms with van der Waals surface area (Å²) in [6, 6.07) is 0. The largest absolute Gasteiger partial charge is 3.00 e. The van der Waals surface area contributed by atoms with E-state index >= 15 is 0 Å². The van der Waals surface area contributed by atoms with Crippen LogP contribution < -0.4 is 0 Å². The van der Waals surface area contributed by atoms with Crippen LogP contribution in [0.2, 0.25) is 0 Å². The SMILES string of the molecule is C/C=C/[C-]=O.C/C=C/[C-]=O.C/C=C/[C-]=O.[Cr+3]. The molecule has 0 fully saturated rings. The Labute approximate surface area is 108 Å². The van der Waals surface area contributed by atoms with Crippen molar-refractivity contribution in [1.29, 1.82) is 0 Å². The number of hydrogen-bond acceptors (Lipinski definition) is 3. The predicted molar refractivity (Wildman–Crippen MR) is 61.5 cm³/mol. The Morgan fingerprint density at radius 1 is 0.625 bits per heavy atom. The second-order valence-corrected chi connectivity index (χ2v) is 1.85. The quantitative estimate of drug-likeness (QED) is 0.575. The van der Waals surface area contributed by atoms with Crippen LogP contribution in [0.4, 0.5) is 0 Å². The molecule has 0 aromatic heterocycles. The standard InChI is InChI=1S/3C4H5O.Cr/c3*1-2-3-4-5;/h3*2-3H,1H3;/q3*-1;+3/b3*3-2+;. The van der Waals surface area contributed by atoms with E-state index in [2.05, 4.69) is 0 Å². The van der Waals surface area contributed by atoms with Gasteiger partial charge in [0.1, 0.15) is 0 Å². The van der Waals surface area contributed by atoms with Crippen LogP contribution in [0.5, 0.6) is 0 Å². The number of allylic oxidation sites excluding steroid dienone is 6. The van der Waals surface area contributed by atoms with E-state index in [0.29, 0.717) is 0 Å². The van der Waals surface area contributed by atoms with Gasteiger partial charge in [-0.2, -0.15) is 18.2 Å². The van der Waals surface area contributed by atoms with E-state index < -0.39 is 0 Å². The van der Waals surface area contributed by atoms with Gasteiger partial charge in [-0.25, -0.2) is 18.2 Å². The molecule has 0 aromatic rings. The van der Waals surface area contributed by atoms with Crippen LogP contribution in [0.1, 0.15) is 20.8 Å². The Balaban J connectivity index is -0.0000000655. The van der Waals surface area contributed by atoms with Crippen molar-refractivity contribution < 1.29 is 31.7 Å². The molecule has 16 heavy (non-hydrogen) atoms. The van der Waals surface area contributed by atoms with Crippen molar-refractivity contribution in [2.75, 3.05) is 0 Å². The first-order chi connectivity index (χ1) is 7.24. The molecule has 0 N–H and O–H groups in total. The first-order valence-electron chi connectivity index (χ1n) is 4.21. The maximum absolute atomic E-state index is 9.19. The molecule has 0 amide bonds. The second kappa shape index (κ2) is 37.2. The molecule has 1 radical (unpaired) electrons. The van der Waals surface area contributed by atoms with Gasteiger partial charge in [0.25, 0.3) is 0 Å². The Bertz CT molecular complexity index is 180. The summed E-state index contributed by atoms with van der Waals surface area (Å²) in [4.78, 5) is 27.6. The molecule has 0 aromatic carbocycles. The third-order valence-corrected chi connectivity index (χ3v) is 0.704. The van der Waals surface area contributed by atoms with E-state index in [-0.39, 0.29) is 17.4 Å². The van der Waals surface area contributed by atoms with Crippen LogP contribution in [0, 0.1) is 0 Å². The zero-order chi connectivity index (χ0) is 12.4. The molecule has 0 aliphatic heterocycles. The molecule has 0 spiro atoms. The Hall–Kier alpha value is -1.24. The Morgan fingerprint density at radius 2 is 0.812 bits per heavy atom. The molecule has 0 rings (SSSR count). The van der Waals surface area contributed by atoms with Crippen molar-refractivity contribution in [2.45, 2.75) is 20.8 Å². The Kier molecular flexibility index (Phi) is 56.1. The maximum atomic E-state index is 9.19. The minimum Gasteiger partial charge on any atom is -0.419 e. The molecule has 0 saturated carbocycles. The molecule has 0 aliphatic carbocycles. The van der Waals surface area contributed by atoms with Crippen molar-refractivity contribution >= 4 is 18.9 Å². The first kappa shape index (κ1) is 24.1. The van der Waals surface area contributed by atoms with E-state index in [4.69, 9.17) is 0 Å². The van der Waals surface area contributed by atoms with Gasteiger partial charge in [0.2, 0.25) is 0 Å². The van der Waals surface area contributed by atoms with Gasteiger partial charge in [0, 0.05) is 0 Å². The van der Waals surface area contributed by atoms with Gasteiger partial charge in [-0.3, -0.25) is 0 Å². The van der Waals surface area contributed by atoms with Gasteiger partial charge in [-0.1, -0.05) is 0 Å². The van der Waals surface area contributed by atoms with Crippen LogP contribution in [0.25, 0.3) is 0 Å². The zero-order valence-electron chi connectivity index (χ0n) is 9.60. The van der Waals surface area contributed by atoms with Crippen molar-refractivity contribution in [2.24, 2.45) is 0 Å². The predicted octanol–water partition coefficient (Wildman–Crippen LogP) is 2.01. The molecular formula is C12H15CrO3. The number of hydrogen-bond donors (Lipinski definition) is 0. The molecule has 0 heterocycles. The van der Waals surface area contributed by atoms with Gasteiger partial charge >= 0.3 is 17.4 Å². The molecular weight excluding hydrogens is 244 g/mol. The van der Waals surface area contributed by atoms with Crippen molar-refractivity contribution in [1.82, 2.24) is 0 Å². The molecule has 0 unspecified atom stereocenters. The van der Waals surface area contributed by atoms with Crippen LogP contribution in [-0.2, 0) is 31.7 Å². The molecule has 0 atom stereocenters. The third-order valence-electron chi connectivity index (χ3n) is 0.704. The van der Waals surface area contributed by atoms with Gasteiger partial charge < -0.3 is 14.4 Å². The van der Waals surface area contributed by atoms with E-state index in [9.17, 15) is 14.4 Å². The Morgan fingerprint density at radius 3 is 0.812 bits per heavy atom. The fourth-order valence-electron chi connectivity index (χ4n) is 0.204. The van der Waals surface area contributed by atoms with Gasteiger partial charge in [0.05, 0.1) is 0 Å². The fourth-order valence-corrected chi connectivity index (χ4v) is 0.204. The molecule has 4 heteroatoms. The average molecular weight is 259 g/mol. The smallest absolute Gasteiger partial charge is 0.419 e. The van der Waals surface area contributed by atoms with Gasteiger partial charge in [-0.05, 0) is 18.9 Å². The molecule has 0 bridgehead atoms. The normalized spacial score (nSPS) is 8.44. The number of carbonyl (C=O) groups excluding carboxylic acids is 3. The first-order valence-corrected chi connectivity index (χ1v) is 4.21. The van der Waals surface area contributed by atoms with Gasteiger partial charge in [0.15, 0.2) is 0 Å². The average Bonchev–Trinajstić information content (AvgIpc) is 2.23. The van der Waals surface area contributed by atoms with Crippen LogP contribution in [0.15, 0.2) is 36.5 Å². The van der Waals surface area contributed by atoms with E-state index in [0.717, 1.165) is 0 Å². The summed E-state index contributed by atoms with van der Waals surface area (Å²) in [7, 11) is 0. The molecule has 3 nitrogen and oxygen atoms in total. The molecule has 0 saturated heterocycles. The number of rotatable bonds is 3. The minimum absolute atomic E-state index is 0. The second-order valence-electron chi connectivity index (χ2n) is 1.85. The third kappa shape index (κ3) is 77.9. The van der Waals surface area contributed by atoms with Gasteiger partial charge in [-0.15, -0.1) is 20.8 Å². The fraction of sp³-hybridized carbons (Fsp3) is 0.250. The summed E-state index contributed by atoms with van der Waals surface area (Å²) in [5, 5.41) is 0. The summed E-state index contributed by atoms with van der Waals surface area (Å²) >= 11 is 0. The summed E-state index contributed by atoms with van der Waals surface area (Å²) in [5.41, 5.74) is 0. The molecule has 0 aliphatic rings. The topological polar surface area (TPSA) is 51.2 Å². The summed E-state index contributed by atoms with van der Waals surface area (Å²) in [6.07, 6.45) is 13.6. The monoisotopic (exact) mass is 259 g/mol. The summed E-state index contributed by atoms with van der Waals surface area (Å²) in [6.45, 7) is 5.31. The van der Waals surface area contributed by atoms with E-state index in [1.807, 2.05) is 0 Å².